The zero-order valence-electron chi connectivity index (χ0n) is 7.51. The smallest absolute Gasteiger partial charge is 0.134 e. The van der Waals surface area contributed by atoms with Crippen molar-refractivity contribution < 1.29 is 10.4 Å². The largest absolute Gasteiger partial charge is 0.411 e. The highest BCUT2D eigenvalue weighted by molar-refractivity contribution is 6.49. The number of hydrogen-bond acceptors (Lipinski definition) is 4. The van der Waals surface area contributed by atoms with E-state index in [0.717, 1.165) is 17.5 Å². The van der Waals surface area contributed by atoms with Crippen molar-refractivity contribution in [3.8, 4) is 0 Å². The maximum atomic E-state index is 8.84. The van der Waals surface area contributed by atoms with E-state index in [1.807, 2.05) is 24.3 Å². The molecule has 72 valence electrons. The summed E-state index contributed by atoms with van der Waals surface area (Å²) in [6.45, 7) is 0. The third kappa shape index (κ3) is 1.25. The average molecular weight is 190 g/mol. The van der Waals surface area contributed by atoms with Gasteiger partial charge in [0, 0.05) is 5.56 Å². The molecule has 0 heterocycles. The van der Waals surface area contributed by atoms with Crippen LogP contribution < -0.4 is 0 Å². The van der Waals surface area contributed by atoms with Crippen LogP contribution >= 0.6 is 0 Å². The number of nitrogens with zero attached hydrogens (tertiary/aromatic N) is 2. The molecule has 0 bridgehead atoms. The summed E-state index contributed by atoms with van der Waals surface area (Å²) in [5, 5.41) is 23.8. The molecule has 4 heteroatoms. The minimum atomic E-state index is 0.370. The van der Waals surface area contributed by atoms with Crippen LogP contribution in [0.15, 0.2) is 34.6 Å². The molecule has 14 heavy (non-hydrogen) atoms. The van der Waals surface area contributed by atoms with Gasteiger partial charge < -0.3 is 10.4 Å². The van der Waals surface area contributed by atoms with Gasteiger partial charge in [-0.1, -0.05) is 34.6 Å². The van der Waals surface area contributed by atoms with Crippen LogP contribution in [0.1, 0.15) is 17.5 Å². The second-order valence-electron chi connectivity index (χ2n) is 3.15. The van der Waals surface area contributed by atoms with Gasteiger partial charge in [-0.05, 0) is 18.4 Å². The van der Waals surface area contributed by atoms with E-state index in [0.29, 0.717) is 17.8 Å². The SMILES string of the molecule is ON=C1CCc2ccccc2C1=NO. The van der Waals surface area contributed by atoms with Gasteiger partial charge in [-0.2, -0.15) is 0 Å². The highest BCUT2D eigenvalue weighted by atomic mass is 16.4. The lowest BCUT2D eigenvalue weighted by molar-refractivity contribution is 0.313. The topological polar surface area (TPSA) is 65.2 Å². The second-order valence-corrected chi connectivity index (χ2v) is 3.15. The second kappa shape index (κ2) is 3.49. The van der Waals surface area contributed by atoms with Crippen LogP contribution in [0.4, 0.5) is 0 Å². The summed E-state index contributed by atoms with van der Waals surface area (Å²) >= 11 is 0. The molecule has 0 radical (unpaired) electrons. The fraction of sp³-hybridized carbons (Fsp3) is 0.200. The first-order valence-electron chi connectivity index (χ1n) is 4.38. The number of oxime groups is 2. The summed E-state index contributed by atoms with van der Waals surface area (Å²) in [6, 6.07) is 7.64. The monoisotopic (exact) mass is 190 g/mol. The zero-order valence-corrected chi connectivity index (χ0v) is 7.51. The van der Waals surface area contributed by atoms with Gasteiger partial charge >= 0.3 is 0 Å². The van der Waals surface area contributed by atoms with Gasteiger partial charge in [0.05, 0.1) is 0 Å². The van der Waals surface area contributed by atoms with Crippen LogP contribution in [-0.2, 0) is 6.42 Å². The lowest BCUT2D eigenvalue weighted by Crippen LogP contribution is -2.23. The van der Waals surface area contributed by atoms with Crippen LogP contribution in [0.25, 0.3) is 0 Å². The number of hydrogen-bond donors (Lipinski definition) is 2. The molecule has 0 spiro atoms. The van der Waals surface area contributed by atoms with Crippen molar-refractivity contribution in [3.63, 3.8) is 0 Å². The third-order valence-corrected chi connectivity index (χ3v) is 2.40. The number of aryl methyl sites for hydroxylation is 1. The number of benzene rings is 1. The van der Waals surface area contributed by atoms with Crippen molar-refractivity contribution in [2.75, 3.05) is 0 Å². The van der Waals surface area contributed by atoms with Gasteiger partial charge in [0.25, 0.3) is 0 Å². The van der Waals surface area contributed by atoms with E-state index < -0.39 is 0 Å². The summed E-state index contributed by atoms with van der Waals surface area (Å²) in [5.41, 5.74) is 2.77. The Morgan fingerprint density at radius 3 is 2.50 bits per heavy atom. The lowest BCUT2D eigenvalue weighted by Gasteiger charge is -2.16. The minimum absolute atomic E-state index is 0.370. The molecular formula is C10H10N2O2. The molecule has 2 N–H and O–H groups in total. The van der Waals surface area contributed by atoms with Gasteiger partial charge in [-0.25, -0.2) is 0 Å². The van der Waals surface area contributed by atoms with E-state index in [4.69, 9.17) is 10.4 Å². The van der Waals surface area contributed by atoms with E-state index in [9.17, 15) is 0 Å². The lowest BCUT2D eigenvalue weighted by atomic mass is 9.89. The molecule has 0 aliphatic heterocycles. The summed E-state index contributed by atoms with van der Waals surface area (Å²) < 4.78 is 0. The molecule has 0 saturated heterocycles. The van der Waals surface area contributed by atoms with Gasteiger partial charge in [0.15, 0.2) is 0 Å². The first-order chi connectivity index (χ1) is 6.86. The Balaban J connectivity index is 2.56. The Bertz CT molecular complexity index is 410. The van der Waals surface area contributed by atoms with Gasteiger partial charge in [0.1, 0.15) is 11.4 Å². The molecular weight excluding hydrogens is 180 g/mol. The maximum absolute atomic E-state index is 8.84. The third-order valence-electron chi connectivity index (χ3n) is 2.40. The summed E-state index contributed by atoms with van der Waals surface area (Å²) in [7, 11) is 0. The highest BCUT2D eigenvalue weighted by Crippen LogP contribution is 2.19. The summed E-state index contributed by atoms with van der Waals surface area (Å²) in [4.78, 5) is 0. The van der Waals surface area contributed by atoms with Crippen molar-refractivity contribution in [3.05, 3.63) is 35.4 Å². The predicted molar refractivity (Wildman–Crippen MR) is 52.3 cm³/mol. The van der Waals surface area contributed by atoms with Gasteiger partial charge in [-0.15, -0.1) is 0 Å². The Morgan fingerprint density at radius 1 is 1.00 bits per heavy atom. The Kier molecular flexibility index (Phi) is 2.18. The normalized spacial score (nSPS) is 21.1. The number of rotatable bonds is 0. The molecule has 4 nitrogen and oxygen atoms in total. The standard InChI is InChI=1S/C10H10N2O2/c13-11-9-6-5-7-3-1-2-4-8(7)10(9)12-14/h1-4,13-14H,5-6H2. The van der Waals surface area contributed by atoms with Gasteiger partial charge in [-0.3, -0.25) is 0 Å². The molecule has 0 saturated carbocycles. The molecule has 0 aromatic heterocycles. The molecule has 0 amide bonds. The number of fused-ring (bicyclic) bond motifs is 1. The molecule has 0 atom stereocenters. The molecule has 2 rings (SSSR count). The molecule has 1 aromatic rings. The fourth-order valence-electron chi connectivity index (χ4n) is 1.71. The van der Waals surface area contributed by atoms with Crippen molar-refractivity contribution in [1.29, 1.82) is 0 Å². The van der Waals surface area contributed by atoms with Crippen LogP contribution in [0.5, 0.6) is 0 Å². The van der Waals surface area contributed by atoms with E-state index in [1.54, 1.807) is 0 Å². The van der Waals surface area contributed by atoms with E-state index in [1.165, 1.54) is 0 Å². The zero-order chi connectivity index (χ0) is 9.97. The molecule has 1 aliphatic carbocycles. The quantitative estimate of drug-likeness (QED) is 0.482. The maximum Gasteiger partial charge on any atom is 0.134 e. The first-order valence-corrected chi connectivity index (χ1v) is 4.38. The molecule has 0 unspecified atom stereocenters. The Hall–Kier alpha value is -1.84. The van der Waals surface area contributed by atoms with E-state index in [-0.39, 0.29) is 0 Å². The average Bonchev–Trinajstić information content (AvgIpc) is 2.27. The Labute approximate surface area is 81.2 Å². The molecule has 1 aromatic carbocycles. The summed E-state index contributed by atoms with van der Waals surface area (Å²) in [5.74, 6) is 0. The van der Waals surface area contributed by atoms with Crippen molar-refractivity contribution in [1.82, 2.24) is 0 Å². The van der Waals surface area contributed by atoms with Crippen molar-refractivity contribution in [2.24, 2.45) is 10.3 Å². The Morgan fingerprint density at radius 2 is 1.79 bits per heavy atom. The van der Waals surface area contributed by atoms with Crippen LogP contribution in [0.3, 0.4) is 0 Å². The molecule has 0 fully saturated rings. The predicted octanol–water partition coefficient (Wildman–Crippen LogP) is 1.64. The van der Waals surface area contributed by atoms with Crippen LogP contribution in [0.2, 0.25) is 0 Å². The van der Waals surface area contributed by atoms with E-state index in [2.05, 4.69) is 10.3 Å². The fourth-order valence-corrected chi connectivity index (χ4v) is 1.71. The summed E-state index contributed by atoms with van der Waals surface area (Å²) in [6.07, 6.45) is 1.42. The van der Waals surface area contributed by atoms with Crippen LogP contribution in [-0.4, -0.2) is 21.8 Å². The van der Waals surface area contributed by atoms with Gasteiger partial charge in [0.2, 0.25) is 0 Å². The minimum Gasteiger partial charge on any atom is -0.411 e. The van der Waals surface area contributed by atoms with Crippen molar-refractivity contribution >= 4 is 11.4 Å². The van der Waals surface area contributed by atoms with E-state index >= 15 is 0 Å². The molecule has 1 aliphatic rings. The van der Waals surface area contributed by atoms with Crippen LogP contribution in [0, 0.1) is 0 Å². The van der Waals surface area contributed by atoms with Crippen molar-refractivity contribution in [2.45, 2.75) is 12.8 Å². The highest BCUT2D eigenvalue weighted by Gasteiger charge is 2.21. The first kappa shape index (κ1) is 8.74.